The molecule has 2 fully saturated rings. The zero-order valence-corrected chi connectivity index (χ0v) is 13.1. The molecule has 2 aliphatic rings. The molecule has 114 valence electrons. The quantitative estimate of drug-likeness (QED) is 0.846. The first-order chi connectivity index (χ1) is 9.56. The smallest absolute Gasteiger partial charge is 0.166 e. The number of likely N-dealkylation sites (tertiary alicyclic amines) is 1. The molecule has 0 saturated carbocycles. The Bertz CT molecular complexity index is 463. The van der Waals surface area contributed by atoms with Crippen molar-refractivity contribution < 1.29 is 8.42 Å². The highest BCUT2D eigenvalue weighted by Gasteiger charge is 2.46. The molecule has 2 saturated heterocycles. The van der Waals surface area contributed by atoms with E-state index in [1.807, 2.05) is 11.8 Å². The van der Waals surface area contributed by atoms with Gasteiger partial charge in [-0.15, -0.1) is 0 Å². The molecule has 0 aromatic rings. The molecule has 0 amide bonds. The summed E-state index contributed by atoms with van der Waals surface area (Å²) in [4.78, 5) is 2.02. The zero-order chi connectivity index (χ0) is 14.6. The number of nitriles is 1. The van der Waals surface area contributed by atoms with Crippen LogP contribution in [0.3, 0.4) is 0 Å². The molecule has 1 atom stereocenters. The lowest BCUT2D eigenvalue weighted by Crippen LogP contribution is -2.60. The van der Waals surface area contributed by atoms with Crippen LogP contribution in [0.15, 0.2) is 0 Å². The Labute approximate surface area is 122 Å². The van der Waals surface area contributed by atoms with Crippen molar-refractivity contribution in [3.8, 4) is 6.07 Å². The van der Waals surface area contributed by atoms with Crippen molar-refractivity contribution in [3.05, 3.63) is 0 Å². The average Bonchev–Trinajstić information content (AvgIpc) is 2.48. The summed E-state index contributed by atoms with van der Waals surface area (Å²) >= 11 is 0. The van der Waals surface area contributed by atoms with E-state index in [-0.39, 0.29) is 5.75 Å². The van der Waals surface area contributed by atoms with E-state index in [4.69, 9.17) is 0 Å². The molecule has 5 nitrogen and oxygen atoms in total. The number of nitrogens with zero attached hydrogens (tertiary/aromatic N) is 2. The minimum absolute atomic E-state index is 0.230. The van der Waals surface area contributed by atoms with Gasteiger partial charge in [-0.05, 0) is 51.6 Å². The topological polar surface area (TPSA) is 73.2 Å². The fourth-order valence-corrected chi connectivity index (χ4v) is 5.55. The van der Waals surface area contributed by atoms with E-state index in [0.29, 0.717) is 12.8 Å². The van der Waals surface area contributed by atoms with Gasteiger partial charge in [0.25, 0.3) is 0 Å². The Morgan fingerprint density at radius 2 is 2.05 bits per heavy atom. The third-order valence-electron chi connectivity index (χ3n) is 4.54. The normalized spacial score (nSPS) is 27.9. The van der Waals surface area contributed by atoms with Crippen LogP contribution >= 0.6 is 0 Å². The summed E-state index contributed by atoms with van der Waals surface area (Å²) in [5.74, 6) is 0.230. The number of nitrogens with one attached hydrogen (secondary N) is 1. The highest BCUT2D eigenvalue weighted by Crippen LogP contribution is 2.34. The molecule has 0 aromatic carbocycles. The Kier molecular flexibility index (Phi) is 5.05. The van der Waals surface area contributed by atoms with Crippen LogP contribution in [0.1, 0.15) is 45.4 Å². The van der Waals surface area contributed by atoms with Crippen molar-refractivity contribution in [1.29, 1.82) is 5.26 Å². The van der Waals surface area contributed by atoms with E-state index in [1.54, 1.807) is 0 Å². The predicted octanol–water partition coefficient (Wildman–Crippen LogP) is 1.27. The van der Waals surface area contributed by atoms with E-state index in [2.05, 4.69) is 11.4 Å². The van der Waals surface area contributed by atoms with Gasteiger partial charge in [-0.1, -0.05) is 6.92 Å². The summed E-state index contributed by atoms with van der Waals surface area (Å²) in [7, 11) is -3.13. The van der Waals surface area contributed by atoms with Crippen LogP contribution in [0.4, 0.5) is 0 Å². The molecular formula is C14H25N3O2S. The molecule has 2 aliphatic heterocycles. The maximum atomic E-state index is 12.5. The second-order valence-electron chi connectivity index (χ2n) is 5.90. The largest absolute Gasteiger partial charge is 0.317 e. The lowest BCUT2D eigenvalue weighted by Gasteiger charge is -2.47. The molecule has 2 heterocycles. The maximum Gasteiger partial charge on any atom is 0.166 e. The summed E-state index contributed by atoms with van der Waals surface area (Å²) in [6.07, 6.45) is 4.72. The van der Waals surface area contributed by atoms with Crippen LogP contribution in [0.5, 0.6) is 0 Å². The SMILES string of the molecule is CCCS(=O)(=O)[C@@H]1CCCCN1C1(C#N)CCNCC1. The van der Waals surface area contributed by atoms with E-state index in [1.165, 1.54) is 0 Å². The average molecular weight is 299 g/mol. The maximum absolute atomic E-state index is 12.5. The van der Waals surface area contributed by atoms with E-state index in [9.17, 15) is 13.7 Å². The minimum Gasteiger partial charge on any atom is -0.317 e. The van der Waals surface area contributed by atoms with Crippen LogP contribution in [0, 0.1) is 11.3 Å². The van der Waals surface area contributed by atoms with Crippen molar-refractivity contribution in [1.82, 2.24) is 10.2 Å². The van der Waals surface area contributed by atoms with Gasteiger partial charge < -0.3 is 5.32 Å². The minimum atomic E-state index is -3.13. The standard InChI is InChI=1S/C14H25N3O2S/c1-2-11-20(18,19)13-5-3-4-10-17(13)14(12-15)6-8-16-9-7-14/h13,16H,2-11H2,1H3/t13-/m1/s1. The first kappa shape index (κ1) is 15.7. The Balaban J connectivity index is 2.28. The van der Waals surface area contributed by atoms with Crippen LogP contribution in [0.25, 0.3) is 0 Å². The summed E-state index contributed by atoms with van der Waals surface area (Å²) < 4.78 is 25.1. The number of hydrogen-bond acceptors (Lipinski definition) is 5. The highest BCUT2D eigenvalue weighted by atomic mass is 32.2. The third kappa shape index (κ3) is 3.00. The molecule has 0 aromatic heterocycles. The van der Waals surface area contributed by atoms with Crippen molar-refractivity contribution in [2.45, 2.75) is 56.4 Å². The van der Waals surface area contributed by atoms with Gasteiger partial charge in [-0.3, -0.25) is 4.90 Å². The van der Waals surface area contributed by atoms with Gasteiger partial charge in [0.2, 0.25) is 0 Å². The molecule has 0 radical (unpaired) electrons. The lowest BCUT2D eigenvalue weighted by molar-refractivity contribution is 0.0646. The monoisotopic (exact) mass is 299 g/mol. The fourth-order valence-electron chi connectivity index (χ4n) is 3.49. The van der Waals surface area contributed by atoms with Crippen molar-refractivity contribution in [2.75, 3.05) is 25.4 Å². The molecule has 2 rings (SSSR count). The van der Waals surface area contributed by atoms with E-state index >= 15 is 0 Å². The molecule has 0 spiro atoms. The first-order valence-electron chi connectivity index (χ1n) is 7.66. The second kappa shape index (κ2) is 6.42. The van der Waals surface area contributed by atoms with Crippen molar-refractivity contribution in [2.24, 2.45) is 0 Å². The summed E-state index contributed by atoms with van der Waals surface area (Å²) in [5, 5.41) is 12.5. The zero-order valence-electron chi connectivity index (χ0n) is 12.3. The number of piperidine rings is 2. The lowest BCUT2D eigenvalue weighted by atomic mass is 9.86. The fraction of sp³-hybridized carbons (Fsp3) is 0.929. The molecule has 1 N–H and O–H groups in total. The highest BCUT2D eigenvalue weighted by molar-refractivity contribution is 7.91. The third-order valence-corrected chi connectivity index (χ3v) is 6.84. The summed E-state index contributed by atoms with van der Waals surface area (Å²) in [6.45, 7) is 4.23. The number of rotatable bonds is 4. The van der Waals surface area contributed by atoms with Crippen LogP contribution in [-0.4, -0.2) is 49.6 Å². The Morgan fingerprint density at radius 1 is 1.35 bits per heavy atom. The van der Waals surface area contributed by atoms with Crippen molar-refractivity contribution >= 4 is 9.84 Å². The van der Waals surface area contributed by atoms with Gasteiger partial charge >= 0.3 is 0 Å². The molecule has 6 heteroatoms. The van der Waals surface area contributed by atoms with E-state index < -0.39 is 20.8 Å². The van der Waals surface area contributed by atoms with Gasteiger partial charge in [0, 0.05) is 6.54 Å². The summed E-state index contributed by atoms with van der Waals surface area (Å²) in [6, 6.07) is 2.45. The van der Waals surface area contributed by atoms with Gasteiger partial charge in [-0.25, -0.2) is 8.42 Å². The first-order valence-corrected chi connectivity index (χ1v) is 9.37. The van der Waals surface area contributed by atoms with Crippen LogP contribution in [-0.2, 0) is 9.84 Å². The van der Waals surface area contributed by atoms with Crippen LogP contribution in [0.2, 0.25) is 0 Å². The molecule has 0 bridgehead atoms. The molecule has 0 unspecified atom stereocenters. The molecular weight excluding hydrogens is 274 g/mol. The van der Waals surface area contributed by atoms with Crippen LogP contribution < -0.4 is 5.32 Å². The van der Waals surface area contributed by atoms with Gasteiger partial charge in [-0.2, -0.15) is 5.26 Å². The van der Waals surface area contributed by atoms with Crippen molar-refractivity contribution in [3.63, 3.8) is 0 Å². The van der Waals surface area contributed by atoms with E-state index in [0.717, 1.165) is 45.3 Å². The van der Waals surface area contributed by atoms with Gasteiger partial charge in [0.1, 0.15) is 10.9 Å². The number of sulfone groups is 1. The predicted molar refractivity (Wildman–Crippen MR) is 78.9 cm³/mol. The van der Waals surface area contributed by atoms with Gasteiger partial charge in [0.15, 0.2) is 9.84 Å². The second-order valence-corrected chi connectivity index (χ2v) is 8.18. The van der Waals surface area contributed by atoms with Gasteiger partial charge in [0.05, 0.1) is 11.8 Å². The molecule has 20 heavy (non-hydrogen) atoms. The Hall–Kier alpha value is -0.640. The molecule has 0 aliphatic carbocycles. The Morgan fingerprint density at radius 3 is 2.65 bits per heavy atom. The number of hydrogen-bond donors (Lipinski definition) is 1. The summed E-state index contributed by atoms with van der Waals surface area (Å²) in [5.41, 5.74) is -0.586.